The average molecular weight is 376 g/mol. The monoisotopic (exact) mass is 376 g/mol. The van der Waals surface area contributed by atoms with Gasteiger partial charge < -0.3 is 21.3 Å². The van der Waals surface area contributed by atoms with Crippen LogP contribution in [0.5, 0.6) is 0 Å². The molecule has 12 heteroatoms. The van der Waals surface area contributed by atoms with Crippen LogP contribution in [-0.4, -0.2) is 34.0 Å². The normalized spacial score (nSPS) is 10.3. The lowest BCUT2D eigenvalue weighted by molar-refractivity contribution is -0.386. The first-order chi connectivity index (χ1) is 12.6. The van der Waals surface area contributed by atoms with Gasteiger partial charge in [-0.1, -0.05) is 0 Å². The van der Waals surface area contributed by atoms with E-state index in [1.807, 2.05) is 0 Å². The highest BCUT2D eigenvalue weighted by Gasteiger charge is 2.32. The maximum atomic E-state index is 11.8. The lowest BCUT2D eigenvalue weighted by atomic mass is 9.93. The molecule has 0 spiro atoms. The van der Waals surface area contributed by atoms with Crippen molar-refractivity contribution in [2.24, 2.45) is 0 Å². The number of carbonyl (C=O) groups is 2. The summed E-state index contributed by atoms with van der Waals surface area (Å²) in [7, 11) is 1.05. The van der Waals surface area contributed by atoms with Crippen molar-refractivity contribution in [1.82, 2.24) is 0 Å². The molecule has 0 amide bonds. The van der Waals surface area contributed by atoms with E-state index in [0.717, 1.165) is 31.4 Å². The number of aromatic carboxylic acids is 1. The molecule has 12 nitrogen and oxygen atoms in total. The zero-order valence-corrected chi connectivity index (χ0v) is 13.7. The van der Waals surface area contributed by atoms with Gasteiger partial charge in [-0.2, -0.15) is 0 Å². The number of carbonyl (C=O) groups excluding carboxylic acids is 1. The molecule has 0 bridgehead atoms. The predicted octanol–water partition coefficient (Wildman–Crippen LogP) is 1.82. The fraction of sp³-hybridized carbons (Fsp3) is 0.0667. The van der Waals surface area contributed by atoms with E-state index in [0.29, 0.717) is 0 Å². The Balaban J connectivity index is 3.06. The number of nitrogen functional groups attached to an aromatic ring is 2. The Morgan fingerprint density at radius 2 is 1.33 bits per heavy atom. The van der Waals surface area contributed by atoms with Crippen LogP contribution >= 0.6 is 0 Å². The molecule has 0 saturated carbocycles. The molecule has 0 fully saturated rings. The summed E-state index contributed by atoms with van der Waals surface area (Å²) >= 11 is 0. The van der Waals surface area contributed by atoms with Crippen LogP contribution in [0.2, 0.25) is 0 Å². The summed E-state index contributed by atoms with van der Waals surface area (Å²) in [5.41, 5.74) is 7.18. The fourth-order valence-corrected chi connectivity index (χ4v) is 2.52. The molecule has 0 radical (unpaired) electrons. The predicted molar refractivity (Wildman–Crippen MR) is 92.3 cm³/mol. The van der Waals surface area contributed by atoms with Gasteiger partial charge in [0.25, 0.3) is 11.4 Å². The summed E-state index contributed by atoms with van der Waals surface area (Å²) in [4.78, 5) is 44.2. The topological polar surface area (TPSA) is 202 Å². The number of esters is 1. The fourth-order valence-electron chi connectivity index (χ4n) is 2.52. The number of hydrogen-bond donors (Lipinski definition) is 3. The molecular weight excluding hydrogens is 364 g/mol. The third-order valence-electron chi connectivity index (χ3n) is 3.73. The number of ether oxygens (including phenoxy) is 1. The van der Waals surface area contributed by atoms with E-state index >= 15 is 0 Å². The summed E-state index contributed by atoms with van der Waals surface area (Å²) in [6, 6.07) is 3.65. The minimum Gasteiger partial charge on any atom is -0.478 e. The summed E-state index contributed by atoms with van der Waals surface area (Å²) in [5.74, 6) is -2.45. The first kappa shape index (κ1) is 19.1. The van der Waals surface area contributed by atoms with E-state index in [1.165, 1.54) is 0 Å². The molecule has 5 N–H and O–H groups in total. The van der Waals surface area contributed by atoms with E-state index in [4.69, 9.17) is 11.5 Å². The van der Waals surface area contributed by atoms with Crippen molar-refractivity contribution in [1.29, 1.82) is 0 Å². The van der Waals surface area contributed by atoms with Crippen LogP contribution in [0.1, 0.15) is 20.7 Å². The van der Waals surface area contributed by atoms with Gasteiger partial charge in [0.05, 0.1) is 50.6 Å². The van der Waals surface area contributed by atoms with Crippen LogP contribution in [0.15, 0.2) is 24.3 Å². The van der Waals surface area contributed by atoms with Gasteiger partial charge >= 0.3 is 11.9 Å². The Bertz CT molecular complexity index is 1000. The van der Waals surface area contributed by atoms with Gasteiger partial charge in [-0.3, -0.25) is 20.2 Å². The van der Waals surface area contributed by atoms with Gasteiger partial charge in [0, 0.05) is 12.1 Å². The molecule has 0 aliphatic heterocycles. The van der Waals surface area contributed by atoms with Crippen molar-refractivity contribution in [3.8, 4) is 11.1 Å². The minimum absolute atomic E-state index is 0.299. The third-order valence-corrected chi connectivity index (χ3v) is 3.73. The number of hydrogen-bond acceptors (Lipinski definition) is 9. The van der Waals surface area contributed by atoms with E-state index in [9.17, 15) is 34.9 Å². The van der Waals surface area contributed by atoms with Crippen LogP contribution in [0.3, 0.4) is 0 Å². The van der Waals surface area contributed by atoms with Gasteiger partial charge in [-0.15, -0.1) is 0 Å². The summed E-state index contributed by atoms with van der Waals surface area (Å²) in [6.45, 7) is 0. The van der Waals surface area contributed by atoms with Crippen molar-refractivity contribution in [2.75, 3.05) is 18.6 Å². The number of benzene rings is 2. The molecule has 0 atom stereocenters. The summed E-state index contributed by atoms with van der Waals surface area (Å²) in [6.07, 6.45) is 0. The standard InChI is InChI=1S/C15H12N4O8/c1-27-15(22)7-3-5-9(19(25)26)11(13(7)17)10-8(18(23)24)4-2-6(12(10)16)14(20)21/h2-5H,16-17H2,1H3,(H,20,21). The van der Waals surface area contributed by atoms with E-state index in [2.05, 4.69) is 4.74 Å². The largest absolute Gasteiger partial charge is 0.478 e. The Labute approximate surface area is 150 Å². The molecule has 0 aliphatic rings. The van der Waals surface area contributed by atoms with Crippen molar-refractivity contribution >= 4 is 34.7 Å². The number of nitro benzene ring substituents is 2. The zero-order valence-electron chi connectivity index (χ0n) is 13.7. The third kappa shape index (κ3) is 3.18. The maximum absolute atomic E-state index is 11.8. The molecule has 140 valence electrons. The Morgan fingerprint density at radius 1 is 0.926 bits per heavy atom. The molecule has 0 aliphatic carbocycles. The second-order valence-electron chi connectivity index (χ2n) is 5.15. The Morgan fingerprint density at radius 3 is 1.70 bits per heavy atom. The molecule has 27 heavy (non-hydrogen) atoms. The van der Waals surface area contributed by atoms with Gasteiger partial charge in [0.2, 0.25) is 0 Å². The average Bonchev–Trinajstić information content (AvgIpc) is 2.60. The minimum atomic E-state index is -1.51. The van der Waals surface area contributed by atoms with Crippen molar-refractivity contribution < 1.29 is 29.3 Å². The van der Waals surface area contributed by atoms with Gasteiger partial charge in [-0.25, -0.2) is 9.59 Å². The molecule has 2 aromatic carbocycles. The SMILES string of the molecule is COC(=O)c1ccc([N+](=O)[O-])c(-c2c([N+](=O)[O-])ccc(C(=O)O)c2N)c1N. The quantitative estimate of drug-likeness (QED) is 0.299. The number of nitro groups is 2. The zero-order chi connectivity index (χ0) is 20.5. The lowest BCUT2D eigenvalue weighted by Gasteiger charge is -2.14. The maximum Gasteiger partial charge on any atom is 0.339 e. The Hall–Kier alpha value is -4.22. The van der Waals surface area contributed by atoms with Gasteiger partial charge in [0.15, 0.2) is 0 Å². The second kappa shape index (κ2) is 6.95. The number of rotatable bonds is 5. The van der Waals surface area contributed by atoms with Crippen molar-refractivity contribution in [3.63, 3.8) is 0 Å². The van der Waals surface area contributed by atoms with Gasteiger partial charge in [-0.05, 0) is 12.1 Å². The second-order valence-corrected chi connectivity index (χ2v) is 5.15. The number of nitrogens with two attached hydrogens (primary N) is 2. The van der Waals surface area contributed by atoms with Crippen LogP contribution in [0, 0.1) is 20.2 Å². The highest BCUT2D eigenvalue weighted by molar-refractivity contribution is 6.08. The number of anilines is 2. The van der Waals surface area contributed by atoms with Crippen LogP contribution in [0.4, 0.5) is 22.7 Å². The van der Waals surface area contributed by atoms with E-state index in [1.54, 1.807) is 0 Å². The van der Waals surface area contributed by atoms with E-state index < -0.39 is 61.2 Å². The number of nitrogens with zero attached hydrogens (tertiary/aromatic N) is 2. The first-order valence-electron chi connectivity index (χ1n) is 7.07. The number of methoxy groups -OCH3 is 1. The first-order valence-corrected chi connectivity index (χ1v) is 7.07. The van der Waals surface area contributed by atoms with Gasteiger partial charge in [0.1, 0.15) is 0 Å². The molecule has 0 unspecified atom stereocenters. The molecule has 2 aromatic rings. The number of carboxylic acid groups (broad SMARTS) is 1. The molecule has 0 heterocycles. The van der Waals surface area contributed by atoms with Crippen LogP contribution < -0.4 is 11.5 Å². The molecule has 2 rings (SSSR count). The van der Waals surface area contributed by atoms with Crippen LogP contribution in [-0.2, 0) is 4.74 Å². The Kier molecular flexibility index (Phi) is 4.92. The lowest BCUT2D eigenvalue weighted by Crippen LogP contribution is -2.11. The highest BCUT2D eigenvalue weighted by Crippen LogP contribution is 2.45. The molecule has 0 aromatic heterocycles. The summed E-state index contributed by atoms with van der Waals surface area (Å²) in [5, 5.41) is 32.0. The van der Waals surface area contributed by atoms with Crippen molar-refractivity contribution in [2.45, 2.75) is 0 Å². The molecule has 0 saturated heterocycles. The highest BCUT2D eigenvalue weighted by atomic mass is 16.6. The van der Waals surface area contributed by atoms with E-state index in [-0.39, 0.29) is 5.56 Å². The summed E-state index contributed by atoms with van der Waals surface area (Å²) < 4.78 is 4.53. The smallest absolute Gasteiger partial charge is 0.339 e. The molecular formula is C15H12N4O8. The van der Waals surface area contributed by atoms with Crippen LogP contribution in [0.25, 0.3) is 11.1 Å². The van der Waals surface area contributed by atoms with Crippen molar-refractivity contribution in [3.05, 3.63) is 55.6 Å². The number of carboxylic acids is 1.